The predicted molar refractivity (Wildman–Crippen MR) is 50.6 cm³/mol. The van der Waals surface area contributed by atoms with Crippen molar-refractivity contribution in [3.63, 3.8) is 0 Å². The molecule has 0 bridgehead atoms. The van der Waals surface area contributed by atoms with Crippen molar-refractivity contribution < 1.29 is 9.41 Å². The maximum atomic E-state index is 10.7. The van der Waals surface area contributed by atoms with E-state index in [9.17, 15) is 10.1 Å². The summed E-state index contributed by atoms with van der Waals surface area (Å²) in [6.07, 6.45) is 2.94. The molecule has 74 valence electrons. The first-order chi connectivity index (χ1) is 6.52. The minimum absolute atomic E-state index is 0.140. The number of likely N-dealkylation sites (N-methyl/N-ethyl adjacent to an activating group) is 1. The summed E-state index contributed by atoms with van der Waals surface area (Å²) >= 11 is 0. The lowest BCUT2D eigenvalue weighted by Crippen LogP contribution is -2.13. The second-order valence-electron chi connectivity index (χ2n) is 4.17. The van der Waals surface area contributed by atoms with Gasteiger partial charge in [-0.15, -0.1) is 0 Å². The van der Waals surface area contributed by atoms with E-state index in [-0.39, 0.29) is 16.7 Å². The second kappa shape index (κ2) is 2.75. The second-order valence-corrected chi connectivity index (χ2v) is 4.17. The van der Waals surface area contributed by atoms with Gasteiger partial charge in [0.15, 0.2) is 6.04 Å². The minimum Gasteiger partial charge on any atom is -0.312 e. The molecule has 1 aliphatic rings. The molecule has 0 radical (unpaired) electrons. The molecular formula is C9H12N3O2+. The van der Waals surface area contributed by atoms with Gasteiger partial charge in [-0.2, -0.15) is 0 Å². The first kappa shape index (κ1) is 9.08. The van der Waals surface area contributed by atoms with Gasteiger partial charge in [0.1, 0.15) is 12.7 Å². The summed E-state index contributed by atoms with van der Waals surface area (Å²) in [5, 5.41) is 10.7. The number of quaternary nitrogens is 1. The Morgan fingerprint density at radius 2 is 2.29 bits per heavy atom. The molecule has 0 N–H and O–H groups in total. The molecule has 1 unspecified atom stereocenters. The molecule has 14 heavy (non-hydrogen) atoms. The molecule has 0 aliphatic carbocycles. The lowest BCUT2D eigenvalue weighted by atomic mass is 10.1. The molecule has 2 rings (SSSR count). The highest BCUT2D eigenvalue weighted by atomic mass is 16.6. The van der Waals surface area contributed by atoms with Crippen molar-refractivity contribution in [3.8, 4) is 0 Å². The Bertz CT molecular complexity index is 389. The van der Waals surface area contributed by atoms with Crippen LogP contribution < -0.4 is 0 Å². The van der Waals surface area contributed by atoms with E-state index in [1.54, 1.807) is 12.3 Å². The van der Waals surface area contributed by atoms with Crippen LogP contribution in [-0.2, 0) is 0 Å². The minimum atomic E-state index is -0.360. The van der Waals surface area contributed by atoms with Gasteiger partial charge in [-0.05, 0) is 6.07 Å². The summed E-state index contributed by atoms with van der Waals surface area (Å²) in [5.74, 6) is 0. The van der Waals surface area contributed by atoms with Gasteiger partial charge in [0, 0.05) is 6.20 Å². The van der Waals surface area contributed by atoms with Crippen LogP contribution in [0.25, 0.3) is 0 Å². The number of pyridine rings is 1. The summed E-state index contributed by atoms with van der Waals surface area (Å²) in [7, 11) is 4.13. The first-order valence-corrected chi connectivity index (χ1v) is 4.43. The Morgan fingerprint density at radius 1 is 1.64 bits per heavy atom. The molecule has 0 saturated carbocycles. The number of nitro groups is 1. The fraction of sp³-hybridized carbons (Fsp3) is 0.444. The third kappa shape index (κ3) is 1.35. The zero-order chi connectivity index (χ0) is 10.3. The SMILES string of the molecule is C[N+]1(C)CC1c1ccncc1[N+](=O)[O-]. The zero-order valence-corrected chi connectivity index (χ0v) is 8.17. The lowest BCUT2D eigenvalue weighted by molar-refractivity contribution is -0.772. The number of hydrogen-bond donors (Lipinski definition) is 0. The van der Waals surface area contributed by atoms with Crippen LogP contribution in [0.4, 0.5) is 5.69 Å². The van der Waals surface area contributed by atoms with Gasteiger partial charge >= 0.3 is 0 Å². The van der Waals surface area contributed by atoms with Crippen molar-refractivity contribution in [1.29, 1.82) is 0 Å². The Balaban J connectivity index is 2.39. The van der Waals surface area contributed by atoms with Crippen LogP contribution in [0.5, 0.6) is 0 Å². The zero-order valence-electron chi connectivity index (χ0n) is 8.17. The van der Waals surface area contributed by atoms with Crippen LogP contribution in [0.3, 0.4) is 0 Å². The number of rotatable bonds is 2. The molecule has 1 aromatic rings. The summed E-state index contributed by atoms with van der Waals surface area (Å²) in [4.78, 5) is 14.1. The molecule has 1 aliphatic heterocycles. The van der Waals surface area contributed by atoms with Crippen LogP contribution >= 0.6 is 0 Å². The Kier molecular flexibility index (Phi) is 1.78. The van der Waals surface area contributed by atoms with E-state index in [0.29, 0.717) is 0 Å². The van der Waals surface area contributed by atoms with Crippen LogP contribution in [-0.4, -0.2) is 35.0 Å². The maximum Gasteiger partial charge on any atom is 0.296 e. The van der Waals surface area contributed by atoms with Crippen molar-refractivity contribution in [2.24, 2.45) is 0 Å². The summed E-state index contributed by atoms with van der Waals surface area (Å²) in [6.45, 7) is 0.963. The molecule has 0 aromatic carbocycles. The van der Waals surface area contributed by atoms with Gasteiger partial charge in [0.25, 0.3) is 5.69 Å². The molecule has 0 amide bonds. The quantitative estimate of drug-likeness (QED) is 0.307. The molecule has 2 heterocycles. The molecule has 5 nitrogen and oxygen atoms in total. The Labute approximate surface area is 81.7 Å². The van der Waals surface area contributed by atoms with Crippen LogP contribution in [0.1, 0.15) is 11.6 Å². The smallest absolute Gasteiger partial charge is 0.296 e. The van der Waals surface area contributed by atoms with Crippen molar-refractivity contribution in [2.45, 2.75) is 6.04 Å². The van der Waals surface area contributed by atoms with E-state index in [4.69, 9.17) is 0 Å². The average Bonchev–Trinajstić information content (AvgIpc) is 2.75. The normalized spacial score (nSPS) is 23.1. The highest BCUT2D eigenvalue weighted by molar-refractivity contribution is 5.39. The molecule has 1 atom stereocenters. The van der Waals surface area contributed by atoms with Crippen LogP contribution in [0, 0.1) is 10.1 Å². The van der Waals surface area contributed by atoms with Crippen molar-refractivity contribution in [2.75, 3.05) is 20.6 Å². The van der Waals surface area contributed by atoms with Crippen LogP contribution in [0.2, 0.25) is 0 Å². The van der Waals surface area contributed by atoms with E-state index in [0.717, 1.165) is 16.6 Å². The molecule has 5 heteroatoms. The fourth-order valence-corrected chi connectivity index (χ4v) is 1.70. The molecule has 1 fully saturated rings. The third-order valence-corrected chi connectivity index (χ3v) is 2.74. The van der Waals surface area contributed by atoms with E-state index in [1.165, 1.54) is 6.20 Å². The highest BCUT2D eigenvalue weighted by Gasteiger charge is 2.51. The van der Waals surface area contributed by atoms with Gasteiger partial charge in [-0.1, -0.05) is 0 Å². The van der Waals surface area contributed by atoms with Gasteiger partial charge in [0.05, 0.1) is 24.6 Å². The summed E-state index contributed by atoms with van der Waals surface area (Å²) in [6, 6.07) is 2.01. The highest BCUT2D eigenvalue weighted by Crippen LogP contribution is 2.43. The standard InChI is InChI=1S/C9H12N3O2/c1-12(2)6-9(12)7-3-4-10-5-8(7)11(13)14/h3-5,9H,6H2,1-2H3/q+1. The number of nitrogens with zero attached hydrogens (tertiary/aromatic N) is 3. The van der Waals surface area contributed by atoms with Gasteiger partial charge in [-0.25, -0.2) is 0 Å². The summed E-state index contributed by atoms with van der Waals surface area (Å²) in [5.41, 5.74) is 0.941. The van der Waals surface area contributed by atoms with E-state index in [1.807, 2.05) is 0 Å². The van der Waals surface area contributed by atoms with E-state index < -0.39 is 0 Å². The number of hydrogen-bond acceptors (Lipinski definition) is 3. The number of aromatic nitrogens is 1. The Hall–Kier alpha value is -1.49. The largest absolute Gasteiger partial charge is 0.312 e. The monoisotopic (exact) mass is 194 g/mol. The van der Waals surface area contributed by atoms with Crippen molar-refractivity contribution in [1.82, 2.24) is 4.98 Å². The molecule has 1 aromatic heterocycles. The molecule has 1 saturated heterocycles. The van der Waals surface area contributed by atoms with Gasteiger partial charge in [-0.3, -0.25) is 15.1 Å². The topological polar surface area (TPSA) is 56.0 Å². The van der Waals surface area contributed by atoms with Crippen LogP contribution in [0.15, 0.2) is 18.5 Å². The van der Waals surface area contributed by atoms with Gasteiger partial charge in [0.2, 0.25) is 0 Å². The fourth-order valence-electron chi connectivity index (χ4n) is 1.70. The third-order valence-electron chi connectivity index (χ3n) is 2.74. The predicted octanol–water partition coefficient (Wildman–Crippen LogP) is 1.12. The first-order valence-electron chi connectivity index (χ1n) is 4.43. The summed E-state index contributed by atoms with van der Waals surface area (Å²) < 4.78 is 0.824. The van der Waals surface area contributed by atoms with Crippen molar-refractivity contribution in [3.05, 3.63) is 34.1 Å². The van der Waals surface area contributed by atoms with Crippen molar-refractivity contribution >= 4 is 5.69 Å². The lowest BCUT2D eigenvalue weighted by Gasteiger charge is -2.05. The molecule has 0 spiro atoms. The molecular weight excluding hydrogens is 182 g/mol. The van der Waals surface area contributed by atoms with E-state index in [2.05, 4.69) is 19.1 Å². The maximum absolute atomic E-state index is 10.7. The average molecular weight is 194 g/mol. The van der Waals surface area contributed by atoms with Gasteiger partial charge < -0.3 is 4.48 Å². The van der Waals surface area contributed by atoms with E-state index >= 15 is 0 Å². The Morgan fingerprint density at radius 3 is 2.79 bits per heavy atom.